The number of rotatable bonds is 8. The molecule has 0 atom stereocenters. The lowest BCUT2D eigenvalue weighted by Crippen LogP contribution is -2.51. The number of carbonyl (C=O) groups is 3. The molecule has 0 spiro atoms. The van der Waals surface area contributed by atoms with Gasteiger partial charge in [-0.1, -0.05) is 30.3 Å². The van der Waals surface area contributed by atoms with Gasteiger partial charge >= 0.3 is 5.97 Å². The van der Waals surface area contributed by atoms with Crippen molar-refractivity contribution in [3.8, 4) is 5.75 Å². The Hall–Kier alpha value is -3.39. The van der Waals surface area contributed by atoms with E-state index in [2.05, 4.69) is 5.32 Å². The summed E-state index contributed by atoms with van der Waals surface area (Å²) in [7, 11) is 0. The maximum absolute atomic E-state index is 12.5. The van der Waals surface area contributed by atoms with Crippen LogP contribution in [0.5, 0.6) is 5.75 Å². The molecule has 176 valence electrons. The summed E-state index contributed by atoms with van der Waals surface area (Å²) in [6, 6.07) is 12.7. The van der Waals surface area contributed by atoms with Gasteiger partial charge in [0.1, 0.15) is 11.3 Å². The van der Waals surface area contributed by atoms with Gasteiger partial charge in [0.15, 0.2) is 6.61 Å². The lowest BCUT2D eigenvalue weighted by Gasteiger charge is -2.34. The van der Waals surface area contributed by atoms with E-state index < -0.39 is 5.97 Å². The Kier molecular flexibility index (Phi) is 8.43. The number of hydrogen-bond acceptors (Lipinski definition) is 6. The Morgan fingerprint density at radius 2 is 1.61 bits per heavy atom. The van der Waals surface area contributed by atoms with E-state index in [1.807, 2.05) is 43.9 Å². The molecule has 1 saturated heterocycles. The van der Waals surface area contributed by atoms with Crippen molar-refractivity contribution >= 4 is 23.5 Å². The average Bonchev–Trinajstić information content (AvgIpc) is 2.81. The highest BCUT2D eigenvalue weighted by Crippen LogP contribution is 2.20. The predicted molar refractivity (Wildman–Crippen MR) is 125 cm³/mol. The molecule has 0 aromatic heterocycles. The monoisotopic (exact) mass is 453 g/mol. The summed E-state index contributed by atoms with van der Waals surface area (Å²) >= 11 is 0. The second-order valence-corrected chi connectivity index (χ2v) is 7.98. The number of hydrogen-bond donors (Lipinski definition) is 1. The molecule has 2 amide bonds. The smallest absolute Gasteiger partial charge is 0.342 e. The highest BCUT2D eigenvalue weighted by Gasteiger charge is 2.24. The number of aryl methyl sites for hydroxylation is 2. The zero-order chi connectivity index (χ0) is 23.8. The fourth-order valence-corrected chi connectivity index (χ4v) is 3.76. The molecule has 33 heavy (non-hydrogen) atoms. The minimum absolute atomic E-state index is 0.0749. The minimum Gasteiger partial charge on any atom is -0.493 e. The van der Waals surface area contributed by atoms with Crippen LogP contribution in [0.2, 0.25) is 0 Å². The van der Waals surface area contributed by atoms with Gasteiger partial charge in [0.05, 0.1) is 13.2 Å². The summed E-state index contributed by atoms with van der Waals surface area (Å²) in [4.78, 5) is 41.0. The summed E-state index contributed by atoms with van der Waals surface area (Å²) < 4.78 is 10.7. The number of para-hydroxylation sites is 2. The average molecular weight is 454 g/mol. The molecule has 1 fully saturated rings. The first-order chi connectivity index (χ1) is 15.9. The van der Waals surface area contributed by atoms with Crippen LogP contribution in [0.25, 0.3) is 0 Å². The SMILES string of the molecule is CCOc1ccccc1C(=O)OCC(=O)N1CCN(CC(=O)Nc2c(C)cccc2C)CC1. The second-order valence-electron chi connectivity index (χ2n) is 7.98. The van der Waals surface area contributed by atoms with Crippen LogP contribution in [0.15, 0.2) is 42.5 Å². The largest absolute Gasteiger partial charge is 0.493 e. The van der Waals surface area contributed by atoms with Gasteiger partial charge < -0.3 is 19.7 Å². The van der Waals surface area contributed by atoms with Crippen LogP contribution >= 0.6 is 0 Å². The van der Waals surface area contributed by atoms with Gasteiger partial charge in [0, 0.05) is 31.9 Å². The maximum Gasteiger partial charge on any atom is 0.342 e. The van der Waals surface area contributed by atoms with E-state index in [1.54, 1.807) is 29.2 Å². The van der Waals surface area contributed by atoms with Crippen molar-refractivity contribution in [3.63, 3.8) is 0 Å². The van der Waals surface area contributed by atoms with Gasteiger partial charge in [-0.15, -0.1) is 0 Å². The first-order valence-electron chi connectivity index (χ1n) is 11.1. The molecule has 0 radical (unpaired) electrons. The molecule has 3 rings (SSSR count). The van der Waals surface area contributed by atoms with E-state index in [1.165, 1.54) is 0 Å². The summed E-state index contributed by atoms with van der Waals surface area (Å²) in [5, 5.41) is 2.99. The molecule has 2 aromatic rings. The van der Waals surface area contributed by atoms with Crippen LogP contribution in [0, 0.1) is 13.8 Å². The lowest BCUT2D eigenvalue weighted by molar-refractivity contribution is -0.136. The Labute approximate surface area is 194 Å². The highest BCUT2D eigenvalue weighted by atomic mass is 16.5. The number of ether oxygens (including phenoxy) is 2. The van der Waals surface area contributed by atoms with Crippen molar-refractivity contribution in [1.29, 1.82) is 0 Å². The van der Waals surface area contributed by atoms with Crippen molar-refractivity contribution in [2.24, 2.45) is 0 Å². The molecule has 0 bridgehead atoms. The van der Waals surface area contributed by atoms with Gasteiger partial charge in [0.25, 0.3) is 5.91 Å². The quantitative estimate of drug-likeness (QED) is 0.619. The third kappa shape index (κ3) is 6.55. The van der Waals surface area contributed by atoms with Crippen LogP contribution in [-0.2, 0) is 14.3 Å². The standard InChI is InChI=1S/C25H31N3O5/c1-4-32-21-11-6-5-10-20(21)25(31)33-17-23(30)28-14-12-27(13-15-28)16-22(29)26-24-18(2)8-7-9-19(24)3/h5-11H,4,12-17H2,1-3H3,(H,26,29). The summed E-state index contributed by atoms with van der Waals surface area (Å²) in [5.41, 5.74) is 3.20. The van der Waals surface area contributed by atoms with Crippen LogP contribution in [-0.4, -0.2) is 73.5 Å². The van der Waals surface area contributed by atoms with E-state index in [0.717, 1.165) is 16.8 Å². The summed E-state index contributed by atoms with van der Waals surface area (Å²) in [6.45, 7) is 8.23. The molecule has 0 saturated carbocycles. The van der Waals surface area contributed by atoms with Crippen molar-refractivity contribution in [2.75, 3.05) is 51.3 Å². The molecule has 0 unspecified atom stereocenters. The van der Waals surface area contributed by atoms with Crippen LogP contribution in [0.4, 0.5) is 5.69 Å². The number of esters is 1. The lowest BCUT2D eigenvalue weighted by atomic mass is 10.1. The highest BCUT2D eigenvalue weighted by molar-refractivity contribution is 5.94. The maximum atomic E-state index is 12.5. The fourth-order valence-electron chi connectivity index (χ4n) is 3.76. The van der Waals surface area contributed by atoms with E-state index in [0.29, 0.717) is 44.1 Å². The van der Waals surface area contributed by atoms with Crippen LogP contribution < -0.4 is 10.1 Å². The normalized spacial score (nSPS) is 14.0. The first kappa shape index (κ1) is 24.3. The first-order valence-corrected chi connectivity index (χ1v) is 11.1. The van der Waals surface area contributed by atoms with E-state index >= 15 is 0 Å². The predicted octanol–water partition coefficient (Wildman–Crippen LogP) is 2.64. The molecule has 1 heterocycles. The number of piperazine rings is 1. The topological polar surface area (TPSA) is 88.2 Å². The molecule has 2 aromatic carbocycles. The molecular weight excluding hydrogens is 422 g/mol. The second kappa shape index (κ2) is 11.5. The van der Waals surface area contributed by atoms with Crippen molar-refractivity contribution in [1.82, 2.24) is 9.80 Å². The Balaban J connectivity index is 1.43. The molecule has 1 aliphatic heterocycles. The number of nitrogens with one attached hydrogen (secondary N) is 1. The summed E-state index contributed by atoms with van der Waals surface area (Å²) in [6.07, 6.45) is 0. The van der Waals surface area contributed by atoms with Crippen LogP contribution in [0.1, 0.15) is 28.4 Å². The van der Waals surface area contributed by atoms with Gasteiger partial charge in [-0.3, -0.25) is 14.5 Å². The van der Waals surface area contributed by atoms with Crippen LogP contribution in [0.3, 0.4) is 0 Å². The number of amides is 2. The Bertz CT molecular complexity index is 979. The Morgan fingerprint density at radius 3 is 2.27 bits per heavy atom. The minimum atomic E-state index is -0.589. The molecule has 8 heteroatoms. The molecular formula is C25H31N3O5. The van der Waals surface area contributed by atoms with E-state index in [-0.39, 0.29) is 25.0 Å². The van der Waals surface area contributed by atoms with Crippen molar-refractivity contribution in [3.05, 3.63) is 59.2 Å². The van der Waals surface area contributed by atoms with E-state index in [4.69, 9.17) is 9.47 Å². The summed E-state index contributed by atoms with van der Waals surface area (Å²) in [5.74, 6) is -0.481. The van der Waals surface area contributed by atoms with Gasteiger partial charge in [-0.05, 0) is 44.0 Å². The van der Waals surface area contributed by atoms with Gasteiger partial charge in [-0.25, -0.2) is 4.79 Å². The zero-order valence-corrected chi connectivity index (χ0v) is 19.4. The zero-order valence-electron chi connectivity index (χ0n) is 19.4. The molecule has 1 aliphatic rings. The third-order valence-corrected chi connectivity index (χ3v) is 5.57. The van der Waals surface area contributed by atoms with Crippen molar-refractivity contribution < 1.29 is 23.9 Å². The molecule has 1 N–H and O–H groups in total. The number of carbonyl (C=O) groups excluding carboxylic acids is 3. The number of anilines is 1. The molecule has 8 nitrogen and oxygen atoms in total. The third-order valence-electron chi connectivity index (χ3n) is 5.57. The van der Waals surface area contributed by atoms with Crippen molar-refractivity contribution in [2.45, 2.75) is 20.8 Å². The number of nitrogens with zero attached hydrogens (tertiary/aromatic N) is 2. The Morgan fingerprint density at radius 1 is 0.939 bits per heavy atom. The van der Waals surface area contributed by atoms with Gasteiger partial charge in [0.2, 0.25) is 5.91 Å². The molecule has 0 aliphatic carbocycles. The van der Waals surface area contributed by atoms with E-state index in [9.17, 15) is 14.4 Å². The number of benzene rings is 2. The fraction of sp³-hybridized carbons (Fsp3) is 0.400. The van der Waals surface area contributed by atoms with Gasteiger partial charge in [-0.2, -0.15) is 0 Å².